The van der Waals surface area contributed by atoms with E-state index in [0.717, 1.165) is 25.4 Å². The summed E-state index contributed by atoms with van der Waals surface area (Å²) in [6.45, 7) is 3.57. The van der Waals surface area contributed by atoms with E-state index in [0.29, 0.717) is 25.1 Å². The van der Waals surface area contributed by atoms with Crippen LogP contribution in [0, 0.1) is 5.41 Å². The monoisotopic (exact) mass is 336 g/mol. The zero-order valence-electron chi connectivity index (χ0n) is 15.1. The van der Waals surface area contributed by atoms with E-state index in [4.69, 9.17) is 4.74 Å². The number of nitrogens with one attached hydrogen (secondary N) is 3. The van der Waals surface area contributed by atoms with Crippen molar-refractivity contribution >= 4 is 11.9 Å². The van der Waals surface area contributed by atoms with E-state index in [-0.39, 0.29) is 17.4 Å². The third-order valence-electron chi connectivity index (χ3n) is 6.08. The summed E-state index contributed by atoms with van der Waals surface area (Å²) in [4.78, 5) is 15.7. The second kappa shape index (κ2) is 7.72. The standard InChI is InChI=1S/C18H32N4O2/c1-3-24-15-11-14(18(15)9-5-4-6-10-18)22-17(19-2)21-13-7-8-16(23)20-12-13/h13-15H,3-12H2,1-2H3,(H,20,23)(H2,19,21,22). The first-order valence-electron chi connectivity index (χ1n) is 9.56. The fourth-order valence-electron chi connectivity index (χ4n) is 4.65. The smallest absolute Gasteiger partial charge is 0.220 e. The van der Waals surface area contributed by atoms with Crippen LogP contribution in [0.15, 0.2) is 4.99 Å². The molecule has 1 amide bonds. The maximum atomic E-state index is 11.3. The summed E-state index contributed by atoms with van der Waals surface area (Å²) in [5.74, 6) is 1.01. The van der Waals surface area contributed by atoms with Crippen LogP contribution in [0.2, 0.25) is 0 Å². The molecule has 24 heavy (non-hydrogen) atoms. The molecule has 1 spiro atoms. The number of nitrogens with zero attached hydrogens (tertiary/aromatic N) is 1. The van der Waals surface area contributed by atoms with Crippen LogP contribution >= 0.6 is 0 Å². The lowest BCUT2D eigenvalue weighted by Gasteiger charge is -2.58. The molecule has 0 aromatic rings. The van der Waals surface area contributed by atoms with Crippen LogP contribution in [0.1, 0.15) is 58.3 Å². The highest BCUT2D eigenvalue weighted by Gasteiger charge is 2.55. The van der Waals surface area contributed by atoms with E-state index in [9.17, 15) is 4.79 Å². The predicted octanol–water partition coefficient (Wildman–Crippen LogP) is 1.56. The Balaban J connectivity index is 1.58. The molecule has 3 unspecified atom stereocenters. The van der Waals surface area contributed by atoms with Crippen molar-refractivity contribution in [1.29, 1.82) is 0 Å². The molecule has 6 heteroatoms. The summed E-state index contributed by atoms with van der Waals surface area (Å²) in [6, 6.07) is 0.706. The summed E-state index contributed by atoms with van der Waals surface area (Å²) < 4.78 is 6.03. The summed E-state index contributed by atoms with van der Waals surface area (Å²) in [5.41, 5.74) is 0.284. The minimum absolute atomic E-state index is 0.149. The summed E-state index contributed by atoms with van der Waals surface area (Å²) >= 11 is 0. The van der Waals surface area contributed by atoms with E-state index < -0.39 is 0 Å². The molecule has 0 aromatic heterocycles. The normalized spacial score (nSPS) is 32.8. The van der Waals surface area contributed by atoms with Crippen molar-refractivity contribution < 1.29 is 9.53 Å². The molecule has 3 fully saturated rings. The van der Waals surface area contributed by atoms with Crippen molar-refractivity contribution in [3.8, 4) is 0 Å². The molecule has 6 nitrogen and oxygen atoms in total. The summed E-state index contributed by atoms with van der Waals surface area (Å²) in [5, 5.41) is 10.1. The fourth-order valence-corrected chi connectivity index (χ4v) is 4.65. The van der Waals surface area contributed by atoms with E-state index in [1.54, 1.807) is 0 Å². The molecule has 136 valence electrons. The molecular weight excluding hydrogens is 304 g/mol. The Morgan fingerprint density at radius 3 is 2.75 bits per heavy atom. The Bertz CT molecular complexity index is 464. The molecule has 3 aliphatic rings. The molecule has 0 radical (unpaired) electrons. The number of carbonyl (C=O) groups is 1. The highest BCUT2D eigenvalue weighted by molar-refractivity contribution is 5.81. The lowest BCUT2D eigenvalue weighted by Crippen LogP contribution is -2.67. The van der Waals surface area contributed by atoms with Crippen LogP contribution in [0.4, 0.5) is 0 Å². The van der Waals surface area contributed by atoms with Gasteiger partial charge in [-0.05, 0) is 32.6 Å². The van der Waals surface area contributed by atoms with Gasteiger partial charge in [0, 0.05) is 44.1 Å². The number of amides is 1. The van der Waals surface area contributed by atoms with Crippen LogP contribution in [0.25, 0.3) is 0 Å². The van der Waals surface area contributed by atoms with E-state index in [1.165, 1.54) is 32.1 Å². The number of ether oxygens (including phenoxy) is 1. The van der Waals surface area contributed by atoms with Gasteiger partial charge in [0.05, 0.1) is 6.10 Å². The molecular formula is C18H32N4O2. The summed E-state index contributed by atoms with van der Waals surface area (Å²) in [7, 11) is 1.82. The van der Waals surface area contributed by atoms with Crippen molar-refractivity contribution in [3.05, 3.63) is 0 Å². The number of aliphatic imine (C=N–C) groups is 1. The van der Waals surface area contributed by atoms with E-state index in [2.05, 4.69) is 27.9 Å². The third-order valence-corrected chi connectivity index (χ3v) is 6.08. The molecule has 1 heterocycles. The Kier molecular flexibility index (Phi) is 5.64. The van der Waals surface area contributed by atoms with Crippen molar-refractivity contribution in [2.45, 2.75) is 76.5 Å². The first-order chi connectivity index (χ1) is 11.7. The van der Waals surface area contributed by atoms with Gasteiger partial charge in [0.15, 0.2) is 5.96 Å². The number of carbonyl (C=O) groups excluding carboxylic acids is 1. The van der Waals surface area contributed by atoms with Gasteiger partial charge < -0.3 is 20.7 Å². The SMILES string of the molecule is CCOC1CC(NC(=NC)NC2CCC(=O)NC2)C12CCCCC2. The Morgan fingerprint density at radius 2 is 2.12 bits per heavy atom. The molecule has 3 rings (SSSR count). The Labute approximate surface area is 145 Å². The van der Waals surface area contributed by atoms with Crippen LogP contribution < -0.4 is 16.0 Å². The van der Waals surface area contributed by atoms with Crippen molar-refractivity contribution in [2.24, 2.45) is 10.4 Å². The van der Waals surface area contributed by atoms with Crippen molar-refractivity contribution in [1.82, 2.24) is 16.0 Å². The highest BCUT2D eigenvalue weighted by Crippen LogP contribution is 2.53. The number of rotatable bonds is 4. The predicted molar refractivity (Wildman–Crippen MR) is 95.0 cm³/mol. The minimum atomic E-state index is 0.149. The van der Waals surface area contributed by atoms with Crippen LogP contribution in [-0.4, -0.2) is 50.3 Å². The van der Waals surface area contributed by atoms with Crippen LogP contribution in [0.3, 0.4) is 0 Å². The van der Waals surface area contributed by atoms with Crippen molar-refractivity contribution in [3.63, 3.8) is 0 Å². The third kappa shape index (κ3) is 3.53. The van der Waals surface area contributed by atoms with Gasteiger partial charge in [-0.25, -0.2) is 0 Å². The van der Waals surface area contributed by atoms with Gasteiger partial charge in [-0.2, -0.15) is 0 Å². The van der Waals surface area contributed by atoms with Gasteiger partial charge in [0.1, 0.15) is 0 Å². The molecule has 0 bridgehead atoms. The van der Waals surface area contributed by atoms with Crippen LogP contribution in [-0.2, 0) is 9.53 Å². The molecule has 1 saturated heterocycles. The lowest BCUT2D eigenvalue weighted by atomic mass is 9.55. The number of guanidine groups is 1. The van der Waals surface area contributed by atoms with Gasteiger partial charge in [-0.3, -0.25) is 9.79 Å². The highest BCUT2D eigenvalue weighted by atomic mass is 16.5. The molecule has 1 aliphatic heterocycles. The topological polar surface area (TPSA) is 74.8 Å². The van der Waals surface area contributed by atoms with E-state index in [1.807, 2.05) is 7.05 Å². The van der Waals surface area contributed by atoms with Gasteiger partial charge in [0.25, 0.3) is 0 Å². The zero-order chi connectivity index (χ0) is 17.0. The zero-order valence-corrected chi connectivity index (χ0v) is 15.1. The fraction of sp³-hybridized carbons (Fsp3) is 0.889. The quantitative estimate of drug-likeness (QED) is 0.538. The summed E-state index contributed by atoms with van der Waals surface area (Å²) in [6.07, 6.45) is 9.39. The van der Waals surface area contributed by atoms with Crippen molar-refractivity contribution in [2.75, 3.05) is 20.2 Å². The molecule has 2 saturated carbocycles. The Morgan fingerprint density at radius 1 is 1.33 bits per heavy atom. The number of hydrogen-bond acceptors (Lipinski definition) is 3. The molecule has 3 atom stereocenters. The average Bonchev–Trinajstić information content (AvgIpc) is 2.62. The largest absolute Gasteiger partial charge is 0.378 e. The number of piperidine rings is 1. The minimum Gasteiger partial charge on any atom is -0.378 e. The maximum Gasteiger partial charge on any atom is 0.220 e. The van der Waals surface area contributed by atoms with Gasteiger partial charge in [-0.15, -0.1) is 0 Å². The first-order valence-corrected chi connectivity index (χ1v) is 9.56. The average molecular weight is 336 g/mol. The first kappa shape index (κ1) is 17.5. The Hall–Kier alpha value is -1.30. The molecule has 0 aromatic carbocycles. The van der Waals surface area contributed by atoms with Gasteiger partial charge in [-0.1, -0.05) is 19.3 Å². The second-order valence-electron chi connectivity index (χ2n) is 7.43. The lowest BCUT2D eigenvalue weighted by molar-refractivity contribution is -0.145. The molecule has 3 N–H and O–H groups in total. The second-order valence-corrected chi connectivity index (χ2v) is 7.43. The van der Waals surface area contributed by atoms with E-state index >= 15 is 0 Å². The molecule has 2 aliphatic carbocycles. The maximum absolute atomic E-state index is 11.3. The van der Waals surface area contributed by atoms with Gasteiger partial charge in [0.2, 0.25) is 5.91 Å². The number of hydrogen-bond donors (Lipinski definition) is 3. The van der Waals surface area contributed by atoms with Gasteiger partial charge >= 0.3 is 0 Å². The van der Waals surface area contributed by atoms with Crippen LogP contribution in [0.5, 0.6) is 0 Å².